The first-order chi connectivity index (χ1) is 15.3. The summed E-state index contributed by atoms with van der Waals surface area (Å²) in [4.78, 5) is 24.5. The molecule has 1 aromatic heterocycles. The summed E-state index contributed by atoms with van der Waals surface area (Å²) in [5.41, 5.74) is 14.3. The minimum atomic E-state index is -0.495. The number of halogens is 2. The smallest absolute Gasteiger partial charge is 0.254 e. The maximum Gasteiger partial charge on any atom is 0.254 e. The first-order valence-electron chi connectivity index (χ1n) is 10.0. The second-order valence-electron chi connectivity index (χ2n) is 7.64. The van der Waals surface area contributed by atoms with Crippen molar-refractivity contribution in [2.24, 2.45) is 0 Å². The molecule has 32 heavy (non-hydrogen) atoms. The van der Waals surface area contributed by atoms with Crippen LogP contribution in [0.3, 0.4) is 0 Å². The number of likely N-dealkylation sites (N-methyl/N-ethyl adjacent to an activating group) is 1. The van der Waals surface area contributed by atoms with E-state index in [1.807, 2.05) is 7.05 Å². The van der Waals surface area contributed by atoms with Crippen molar-refractivity contribution in [2.45, 2.75) is 0 Å². The highest BCUT2D eigenvalue weighted by atomic mass is 35.5. The van der Waals surface area contributed by atoms with Gasteiger partial charge in [0, 0.05) is 37.3 Å². The Labute approximate surface area is 190 Å². The quantitative estimate of drug-likeness (QED) is 0.408. The molecular weight excluding hydrogens is 433 g/mol. The summed E-state index contributed by atoms with van der Waals surface area (Å²) < 4.78 is 15.0. The Bertz CT molecular complexity index is 1170. The van der Waals surface area contributed by atoms with Gasteiger partial charge in [-0.15, -0.1) is 0 Å². The molecular formula is C22H23ClFN7O. The molecule has 1 aliphatic rings. The third kappa shape index (κ3) is 4.44. The number of aromatic nitrogens is 2. The molecule has 0 radical (unpaired) electrons. The average Bonchev–Trinajstić information content (AvgIpc) is 2.78. The van der Waals surface area contributed by atoms with Crippen LogP contribution in [0.25, 0.3) is 11.1 Å². The van der Waals surface area contributed by atoms with Crippen LogP contribution >= 0.6 is 11.6 Å². The highest BCUT2D eigenvalue weighted by molar-refractivity contribution is 6.32. The molecule has 4 rings (SSSR count). The third-order valence-electron chi connectivity index (χ3n) is 5.46. The van der Waals surface area contributed by atoms with Gasteiger partial charge >= 0.3 is 0 Å². The highest BCUT2D eigenvalue weighted by Crippen LogP contribution is 2.33. The van der Waals surface area contributed by atoms with Crippen LogP contribution in [0.5, 0.6) is 0 Å². The number of carbonyl (C=O) groups is 1. The van der Waals surface area contributed by atoms with Gasteiger partial charge < -0.3 is 26.6 Å². The van der Waals surface area contributed by atoms with E-state index in [4.69, 9.17) is 23.1 Å². The number of amides is 1. The monoisotopic (exact) mass is 455 g/mol. The summed E-state index contributed by atoms with van der Waals surface area (Å²) in [6.07, 6.45) is 1.27. The molecule has 0 unspecified atom stereocenters. The number of rotatable bonds is 4. The standard InChI is InChI=1S/C22H23ClFN7O/c1-30-6-8-31(9-7-30)22(32)14-2-4-15(16(24)10-14)13-3-5-17(25)18(11-13)29-21-19(26)20(23)27-12-28-21/h2-5,10-12H,6-9,25-26H2,1H3,(H,27,28,29). The van der Waals surface area contributed by atoms with Crippen molar-refractivity contribution in [3.05, 3.63) is 59.3 Å². The molecule has 1 aliphatic heterocycles. The first-order valence-corrected chi connectivity index (χ1v) is 10.4. The fourth-order valence-electron chi connectivity index (χ4n) is 3.51. The van der Waals surface area contributed by atoms with E-state index in [0.717, 1.165) is 13.1 Å². The topological polar surface area (TPSA) is 113 Å². The second-order valence-corrected chi connectivity index (χ2v) is 8.00. The predicted octanol–water partition coefficient (Wildman–Crippen LogP) is 3.23. The fourth-order valence-corrected chi connectivity index (χ4v) is 3.64. The van der Waals surface area contributed by atoms with Gasteiger partial charge in [0.15, 0.2) is 11.0 Å². The number of benzene rings is 2. The SMILES string of the molecule is CN1CCN(C(=O)c2ccc(-c3ccc(N)c(Nc4ncnc(Cl)c4N)c3)c(F)c2)CC1. The Morgan fingerprint density at radius 3 is 2.56 bits per heavy atom. The molecule has 166 valence electrons. The number of nitrogens with zero attached hydrogens (tertiary/aromatic N) is 4. The molecule has 5 N–H and O–H groups in total. The Morgan fingerprint density at radius 2 is 1.84 bits per heavy atom. The molecule has 1 fully saturated rings. The molecule has 0 spiro atoms. The lowest BCUT2D eigenvalue weighted by molar-refractivity contribution is 0.0663. The number of anilines is 4. The van der Waals surface area contributed by atoms with Gasteiger partial charge in [-0.05, 0) is 36.9 Å². The van der Waals surface area contributed by atoms with Crippen molar-refractivity contribution in [3.8, 4) is 11.1 Å². The third-order valence-corrected chi connectivity index (χ3v) is 5.76. The molecule has 0 saturated carbocycles. The molecule has 1 saturated heterocycles. The van der Waals surface area contributed by atoms with Crippen molar-refractivity contribution in [1.29, 1.82) is 0 Å². The van der Waals surface area contributed by atoms with Gasteiger partial charge in [0.2, 0.25) is 0 Å². The van der Waals surface area contributed by atoms with Crippen LogP contribution in [0, 0.1) is 5.82 Å². The Kier molecular flexibility index (Phi) is 6.11. The van der Waals surface area contributed by atoms with Crippen LogP contribution in [0.2, 0.25) is 5.15 Å². The van der Waals surface area contributed by atoms with Crippen molar-refractivity contribution in [1.82, 2.24) is 19.8 Å². The fraction of sp³-hybridized carbons (Fsp3) is 0.227. The molecule has 10 heteroatoms. The summed E-state index contributed by atoms with van der Waals surface area (Å²) in [7, 11) is 2.01. The average molecular weight is 456 g/mol. The van der Waals surface area contributed by atoms with Crippen molar-refractivity contribution < 1.29 is 9.18 Å². The maximum atomic E-state index is 15.0. The van der Waals surface area contributed by atoms with E-state index in [1.165, 1.54) is 12.4 Å². The number of nitrogens with one attached hydrogen (secondary N) is 1. The lowest BCUT2D eigenvalue weighted by Gasteiger charge is -2.32. The largest absolute Gasteiger partial charge is 0.397 e. The molecule has 2 aromatic carbocycles. The summed E-state index contributed by atoms with van der Waals surface area (Å²) in [5.74, 6) is -0.368. The van der Waals surface area contributed by atoms with E-state index in [-0.39, 0.29) is 16.7 Å². The van der Waals surface area contributed by atoms with Gasteiger partial charge in [0.25, 0.3) is 5.91 Å². The Morgan fingerprint density at radius 1 is 1.09 bits per heavy atom. The van der Waals surface area contributed by atoms with Gasteiger partial charge in [-0.2, -0.15) is 0 Å². The van der Waals surface area contributed by atoms with Crippen LogP contribution in [0.15, 0.2) is 42.7 Å². The van der Waals surface area contributed by atoms with Crippen molar-refractivity contribution in [3.63, 3.8) is 0 Å². The zero-order valence-electron chi connectivity index (χ0n) is 17.5. The number of hydrogen-bond donors (Lipinski definition) is 3. The minimum Gasteiger partial charge on any atom is -0.397 e. The van der Waals surface area contributed by atoms with Crippen LogP contribution in [0.1, 0.15) is 10.4 Å². The summed E-state index contributed by atoms with van der Waals surface area (Å²) >= 11 is 5.94. The zero-order chi connectivity index (χ0) is 22.8. The number of nitrogens with two attached hydrogens (primary N) is 2. The van der Waals surface area contributed by atoms with Crippen molar-refractivity contribution in [2.75, 3.05) is 50.0 Å². The Balaban J connectivity index is 1.59. The molecule has 0 bridgehead atoms. The van der Waals surface area contributed by atoms with Gasteiger partial charge in [-0.1, -0.05) is 23.7 Å². The van der Waals surface area contributed by atoms with E-state index < -0.39 is 5.82 Å². The van der Waals surface area contributed by atoms with Crippen LogP contribution in [-0.4, -0.2) is 58.9 Å². The number of hydrogen-bond acceptors (Lipinski definition) is 7. The molecule has 1 amide bonds. The van der Waals surface area contributed by atoms with Gasteiger partial charge in [0.1, 0.15) is 17.8 Å². The van der Waals surface area contributed by atoms with Crippen LogP contribution in [0.4, 0.5) is 27.3 Å². The lowest BCUT2D eigenvalue weighted by Crippen LogP contribution is -2.47. The van der Waals surface area contributed by atoms with Crippen LogP contribution in [-0.2, 0) is 0 Å². The second kappa shape index (κ2) is 8.97. The highest BCUT2D eigenvalue weighted by Gasteiger charge is 2.21. The first kappa shape index (κ1) is 21.8. The number of piperazine rings is 1. The summed E-state index contributed by atoms with van der Waals surface area (Å²) in [6.45, 7) is 2.86. The normalized spacial score (nSPS) is 14.4. The lowest BCUT2D eigenvalue weighted by atomic mass is 10.0. The van der Waals surface area contributed by atoms with E-state index >= 15 is 4.39 Å². The maximum absolute atomic E-state index is 15.0. The summed E-state index contributed by atoms with van der Waals surface area (Å²) in [5, 5.41) is 3.13. The van der Waals surface area contributed by atoms with E-state index in [2.05, 4.69) is 20.2 Å². The van der Waals surface area contributed by atoms with Crippen LogP contribution < -0.4 is 16.8 Å². The summed E-state index contributed by atoms with van der Waals surface area (Å²) in [6, 6.07) is 9.57. The van der Waals surface area contributed by atoms with E-state index in [1.54, 1.807) is 35.2 Å². The zero-order valence-corrected chi connectivity index (χ0v) is 18.2. The molecule has 0 aliphatic carbocycles. The van der Waals surface area contributed by atoms with Crippen molar-refractivity contribution >= 4 is 40.4 Å². The van der Waals surface area contributed by atoms with Gasteiger partial charge in [0.05, 0.1) is 11.4 Å². The number of nitrogen functional groups attached to an aromatic ring is 2. The molecule has 0 atom stereocenters. The Hall–Kier alpha value is -3.43. The molecule has 8 nitrogen and oxygen atoms in total. The molecule has 2 heterocycles. The van der Waals surface area contributed by atoms with Gasteiger partial charge in [-0.25, -0.2) is 14.4 Å². The molecule has 3 aromatic rings. The van der Waals surface area contributed by atoms with E-state index in [9.17, 15) is 4.79 Å². The van der Waals surface area contributed by atoms with Gasteiger partial charge in [-0.3, -0.25) is 4.79 Å². The predicted molar refractivity (Wildman–Crippen MR) is 124 cm³/mol. The number of carbonyl (C=O) groups excluding carboxylic acids is 1. The van der Waals surface area contributed by atoms with E-state index in [0.29, 0.717) is 47.0 Å². The minimum absolute atomic E-state index is 0.115.